The normalized spacial score (nSPS) is 27.0. The highest BCUT2D eigenvalue weighted by molar-refractivity contribution is 5.37. The minimum absolute atomic E-state index is 0.0386. The summed E-state index contributed by atoms with van der Waals surface area (Å²) in [4.78, 5) is 0. The first-order valence-corrected chi connectivity index (χ1v) is 7.44. The molecule has 1 aliphatic carbocycles. The van der Waals surface area contributed by atoms with Gasteiger partial charge in [-0.2, -0.15) is 0 Å². The molecule has 3 atom stereocenters. The fourth-order valence-corrected chi connectivity index (χ4v) is 3.46. The highest BCUT2D eigenvalue weighted by Gasteiger charge is 2.37. The number of fused-ring (bicyclic) bond motifs is 3. The van der Waals surface area contributed by atoms with E-state index in [4.69, 9.17) is 9.47 Å². The summed E-state index contributed by atoms with van der Waals surface area (Å²) in [7, 11) is 1.68. The maximum atomic E-state index is 6.03. The number of rotatable bonds is 2. The third-order valence-electron chi connectivity index (χ3n) is 4.57. The van der Waals surface area contributed by atoms with Crippen LogP contribution in [-0.4, -0.2) is 13.7 Å². The van der Waals surface area contributed by atoms with Crippen LogP contribution in [0.15, 0.2) is 48.5 Å². The summed E-state index contributed by atoms with van der Waals surface area (Å²) in [6.45, 7) is 0.809. The van der Waals surface area contributed by atoms with Crippen LogP contribution in [0.4, 0.5) is 0 Å². The summed E-state index contributed by atoms with van der Waals surface area (Å²) in [6.07, 6.45) is 1.08. The van der Waals surface area contributed by atoms with Crippen molar-refractivity contribution < 1.29 is 9.47 Å². The average molecular weight is 281 g/mol. The molecule has 0 saturated carbocycles. The van der Waals surface area contributed by atoms with Crippen LogP contribution in [-0.2, 0) is 11.2 Å². The summed E-state index contributed by atoms with van der Waals surface area (Å²) >= 11 is 0. The Hall–Kier alpha value is -1.84. The fraction of sp³-hybridized carbons (Fsp3) is 0.333. The zero-order valence-electron chi connectivity index (χ0n) is 12.1. The third-order valence-corrected chi connectivity index (χ3v) is 4.57. The summed E-state index contributed by atoms with van der Waals surface area (Å²) in [6, 6.07) is 17.2. The predicted octanol–water partition coefficient (Wildman–Crippen LogP) is 3.23. The van der Waals surface area contributed by atoms with Crippen molar-refractivity contribution in [2.45, 2.75) is 18.7 Å². The van der Waals surface area contributed by atoms with E-state index in [-0.39, 0.29) is 6.23 Å². The van der Waals surface area contributed by atoms with Gasteiger partial charge in [-0.25, -0.2) is 0 Å². The molecule has 0 amide bonds. The van der Waals surface area contributed by atoms with Gasteiger partial charge in [-0.3, -0.25) is 5.32 Å². The molecule has 1 aliphatic heterocycles. The molecule has 21 heavy (non-hydrogen) atoms. The number of benzene rings is 2. The Balaban J connectivity index is 1.58. The molecule has 0 bridgehead atoms. The molecule has 0 spiro atoms. The molecular weight excluding hydrogens is 262 g/mol. The van der Waals surface area contributed by atoms with Crippen LogP contribution in [0.3, 0.4) is 0 Å². The van der Waals surface area contributed by atoms with Crippen LogP contribution in [0.25, 0.3) is 0 Å². The Kier molecular flexibility index (Phi) is 3.17. The molecule has 1 N–H and O–H groups in total. The smallest absolute Gasteiger partial charge is 0.134 e. The van der Waals surface area contributed by atoms with Crippen molar-refractivity contribution in [3.8, 4) is 5.75 Å². The van der Waals surface area contributed by atoms with Crippen LogP contribution in [0.2, 0.25) is 0 Å². The van der Waals surface area contributed by atoms with E-state index in [1.807, 2.05) is 12.1 Å². The summed E-state index contributed by atoms with van der Waals surface area (Å²) in [5.41, 5.74) is 4.04. The Bertz CT molecular complexity index is 638. The molecule has 108 valence electrons. The molecule has 1 heterocycles. The lowest BCUT2D eigenvalue weighted by Crippen LogP contribution is -2.39. The first-order chi connectivity index (χ1) is 10.3. The summed E-state index contributed by atoms with van der Waals surface area (Å²) in [5.74, 6) is 1.43. The van der Waals surface area contributed by atoms with E-state index in [2.05, 4.69) is 41.7 Å². The van der Waals surface area contributed by atoms with E-state index in [1.165, 1.54) is 11.1 Å². The molecule has 2 aromatic rings. The van der Waals surface area contributed by atoms with E-state index < -0.39 is 0 Å². The summed E-state index contributed by atoms with van der Waals surface area (Å²) < 4.78 is 11.2. The second-order valence-corrected chi connectivity index (χ2v) is 5.79. The van der Waals surface area contributed by atoms with Gasteiger partial charge < -0.3 is 9.47 Å². The SMILES string of the molecule is COc1ccc([C@@H]2N[C@@H]3c4ccccc4C[C@@H]3CO2)cc1. The molecule has 1 saturated heterocycles. The second-order valence-electron chi connectivity index (χ2n) is 5.79. The Morgan fingerprint density at radius 3 is 2.71 bits per heavy atom. The molecular formula is C18H19NO2. The first-order valence-electron chi connectivity index (χ1n) is 7.44. The van der Waals surface area contributed by atoms with Crippen LogP contribution >= 0.6 is 0 Å². The number of hydrogen-bond acceptors (Lipinski definition) is 3. The molecule has 3 nitrogen and oxygen atoms in total. The van der Waals surface area contributed by atoms with Gasteiger partial charge in [0.15, 0.2) is 0 Å². The number of hydrogen-bond donors (Lipinski definition) is 1. The van der Waals surface area contributed by atoms with Gasteiger partial charge in [0.2, 0.25) is 0 Å². The maximum absolute atomic E-state index is 6.03. The zero-order valence-corrected chi connectivity index (χ0v) is 12.1. The van der Waals surface area contributed by atoms with Crippen LogP contribution in [0, 0.1) is 5.92 Å². The van der Waals surface area contributed by atoms with Gasteiger partial charge in [-0.15, -0.1) is 0 Å². The Labute approximate surface area is 124 Å². The number of nitrogens with one attached hydrogen (secondary N) is 1. The predicted molar refractivity (Wildman–Crippen MR) is 81.2 cm³/mol. The monoisotopic (exact) mass is 281 g/mol. The molecule has 2 aliphatic rings. The Morgan fingerprint density at radius 2 is 1.90 bits per heavy atom. The largest absolute Gasteiger partial charge is 0.497 e. The highest BCUT2D eigenvalue weighted by atomic mass is 16.5. The van der Waals surface area contributed by atoms with E-state index in [9.17, 15) is 0 Å². The quantitative estimate of drug-likeness (QED) is 0.916. The lowest BCUT2D eigenvalue weighted by atomic mass is 9.98. The third kappa shape index (κ3) is 2.23. The lowest BCUT2D eigenvalue weighted by Gasteiger charge is -2.34. The molecule has 1 fully saturated rings. The van der Waals surface area contributed by atoms with E-state index >= 15 is 0 Å². The molecule has 0 unspecified atom stereocenters. The zero-order chi connectivity index (χ0) is 14.2. The second kappa shape index (κ2) is 5.17. The van der Waals surface area contributed by atoms with Crippen molar-refractivity contribution in [2.24, 2.45) is 5.92 Å². The van der Waals surface area contributed by atoms with E-state index in [0.717, 1.165) is 24.3 Å². The van der Waals surface area contributed by atoms with Crippen LogP contribution in [0.5, 0.6) is 5.75 Å². The highest BCUT2D eigenvalue weighted by Crippen LogP contribution is 2.41. The minimum atomic E-state index is -0.0386. The molecule has 0 radical (unpaired) electrons. The first kappa shape index (κ1) is 12.9. The van der Waals surface area contributed by atoms with E-state index in [1.54, 1.807) is 7.11 Å². The van der Waals surface area contributed by atoms with Crippen molar-refractivity contribution in [2.75, 3.05) is 13.7 Å². The minimum Gasteiger partial charge on any atom is -0.497 e. The van der Waals surface area contributed by atoms with Gasteiger partial charge in [0.05, 0.1) is 13.7 Å². The van der Waals surface area contributed by atoms with Gasteiger partial charge in [-0.1, -0.05) is 36.4 Å². The van der Waals surface area contributed by atoms with Crippen molar-refractivity contribution in [1.29, 1.82) is 0 Å². The topological polar surface area (TPSA) is 30.5 Å². The van der Waals surface area contributed by atoms with Gasteiger partial charge >= 0.3 is 0 Å². The van der Waals surface area contributed by atoms with Gasteiger partial charge in [-0.05, 0) is 35.2 Å². The molecule has 2 aromatic carbocycles. The van der Waals surface area contributed by atoms with Crippen molar-refractivity contribution in [3.05, 3.63) is 65.2 Å². The Morgan fingerprint density at radius 1 is 1.10 bits per heavy atom. The lowest BCUT2D eigenvalue weighted by molar-refractivity contribution is -0.0494. The summed E-state index contributed by atoms with van der Waals surface area (Å²) in [5, 5.41) is 3.66. The number of ether oxygens (including phenoxy) is 2. The van der Waals surface area contributed by atoms with Gasteiger partial charge in [0, 0.05) is 12.0 Å². The molecule has 4 rings (SSSR count). The van der Waals surface area contributed by atoms with Gasteiger partial charge in [0.25, 0.3) is 0 Å². The van der Waals surface area contributed by atoms with Crippen molar-refractivity contribution in [1.82, 2.24) is 5.32 Å². The molecule has 0 aromatic heterocycles. The average Bonchev–Trinajstić information content (AvgIpc) is 2.93. The molecule has 3 heteroatoms. The van der Waals surface area contributed by atoms with Crippen molar-refractivity contribution in [3.63, 3.8) is 0 Å². The van der Waals surface area contributed by atoms with Gasteiger partial charge in [0.1, 0.15) is 12.0 Å². The van der Waals surface area contributed by atoms with Crippen molar-refractivity contribution >= 4 is 0 Å². The van der Waals surface area contributed by atoms with E-state index in [0.29, 0.717) is 12.0 Å². The van der Waals surface area contributed by atoms with Crippen LogP contribution < -0.4 is 10.1 Å². The standard InChI is InChI=1S/C18H19NO2/c1-20-15-8-6-12(7-9-15)18-19-17-14(11-21-18)10-13-4-2-3-5-16(13)17/h2-9,14,17-19H,10-11H2,1H3/t14-,17+,18-/m1/s1. The fourth-order valence-electron chi connectivity index (χ4n) is 3.46. The van der Waals surface area contributed by atoms with Crippen LogP contribution in [0.1, 0.15) is 29.0 Å². The number of methoxy groups -OCH3 is 1. The maximum Gasteiger partial charge on any atom is 0.134 e.